The van der Waals surface area contributed by atoms with E-state index < -0.39 is 11.9 Å². The minimum Gasteiger partial charge on any atom is -0.489 e. The summed E-state index contributed by atoms with van der Waals surface area (Å²) in [6, 6.07) is 27.7. The average molecular weight is 507 g/mol. The van der Waals surface area contributed by atoms with Crippen molar-refractivity contribution >= 4 is 5.97 Å². The molecular formula is C31H23FN2O4. The largest absolute Gasteiger partial charge is 0.489 e. The van der Waals surface area contributed by atoms with Gasteiger partial charge in [0.15, 0.2) is 0 Å². The number of rotatable bonds is 6. The zero-order valence-electron chi connectivity index (χ0n) is 20.5. The molecular weight excluding hydrogens is 483 g/mol. The second kappa shape index (κ2) is 10.5. The quantitative estimate of drug-likeness (QED) is 0.249. The fourth-order valence-electron chi connectivity index (χ4n) is 4.31. The van der Waals surface area contributed by atoms with Gasteiger partial charge in [-0.25, -0.2) is 9.18 Å². The van der Waals surface area contributed by atoms with E-state index in [1.54, 1.807) is 54.6 Å². The molecule has 0 fully saturated rings. The molecule has 0 bridgehead atoms. The molecule has 4 aromatic rings. The first-order valence-electron chi connectivity index (χ1n) is 11.9. The molecule has 0 aromatic heterocycles. The van der Waals surface area contributed by atoms with Gasteiger partial charge in [-0.3, -0.25) is 0 Å². The Balaban J connectivity index is 1.42. The predicted molar refractivity (Wildman–Crippen MR) is 139 cm³/mol. The molecule has 0 saturated heterocycles. The summed E-state index contributed by atoms with van der Waals surface area (Å²) in [7, 11) is 0. The molecule has 5 rings (SSSR count). The van der Waals surface area contributed by atoms with Crippen molar-refractivity contribution in [1.29, 1.82) is 5.26 Å². The molecule has 38 heavy (non-hydrogen) atoms. The lowest BCUT2D eigenvalue weighted by Gasteiger charge is -2.27. The molecule has 1 atom stereocenters. The first kappa shape index (κ1) is 24.6. The zero-order valence-corrected chi connectivity index (χ0v) is 20.5. The molecule has 1 heterocycles. The monoisotopic (exact) mass is 506 g/mol. The number of hydrogen-bond donors (Lipinski definition) is 1. The van der Waals surface area contributed by atoms with Crippen molar-refractivity contribution in [2.45, 2.75) is 19.4 Å². The van der Waals surface area contributed by atoms with E-state index in [0.29, 0.717) is 28.4 Å². The highest BCUT2D eigenvalue weighted by Gasteiger charge is 2.31. The van der Waals surface area contributed by atoms with E-state index in [1.807, 2.05) is 31.2 Å². The van der Waals surface area contributed by atoms with Crippen molar-refractivity contribution in [2.24, 2.45) is 5.73 Å². The standard InChI is InChI=1S/C31H23FN2O4/c1-19-4-2-6-22(14-19)31(35)37-25-12-13-26-28(16-25)38-30(34)27(17-33)29(26)21-5-3-7-24(15-21)36-18-20-8-10-23(32)11-9-20/h2-16,29H,18,34H2,1H3. The number of carbonyl (C=O) groups excluding carboxylic acids is 1. The van der Waals surface area contributed by atoms with Crippen molar-refractivity contribution in [2.75, 3.05) is 0 Å². The van der Waals surface area contributed by atoms with Crippen molar-refractivity contribution in [1.82, 2.24) is 0 Å². The Hall–Kier alpha value is -5.09. The van der Waals surface area contributed by atoms with Crippen LogP contribution in [0.4, 0.5) is 4.39 Å². The van der Waals surface area contributed by atoms with E-state index in [9.17, 15) is 14.4 Å². The normalized spacial score (nSPS) is 14.2. The summed E-state index contributed by atoms with van der Waals surface area (Å²) in [6.45, 7) is 2.15. The molecule has 0 amide bonds. The number of esters is 1. The molecule has 1 aliphatic heterocycles. The van der Waals surface area contributed by atoms with Gasteiger partial charge < -0.3 is 19.9 Å². The maximum Gasteiger partial charge on any atom is 0.343 e. The van der Waals surface area contributed by atoms with Crippen LogP contribution in [-0.4, -0.2) is 5.97 Å². The Morgan fingerprint density at radius 2 is 1.79 bits per heavy atom. The minimum atomic E-state index is -0.514. The van der Waals surface area contributed by atoms with E-state index in [2.05, 4.69) is 6.07 Å². The SMILES string of the molecule is Cc1cccc(C(=O)Oc2ccc3c(c2)OC(N)=C(C#N)C3c2cccc(OCc3ccc(F)cc3)c2)c1. The third-order valence-corrected chi connectivity index (χ3v) is 6.17. The predicted octanol–water partition coefficient (Wildman–Crippen LogP) is 6.15. The highest BCUT2D eigenvalue weighted by molar-refractivity contribution is 5.91. The van der Waals surface area contributed by atoms with Gasteiger partial charge in [0.05, 0.1) is 11.5 Å². The Morgan fingerprint density at radius 3 is 2.55 bits per heavy atom. The molecule has 6 nitrogen and oxygen atoms in total. The molecule has 1 unspecified atom stereocenters. The first-order chi connectivity index (χ1) is 18.4. The highest BCUT2D eigenvalue weighted by atomic mass is 19.1. The number of nitriles is 1. The molecule has 0 radical (unpaired) electrons. The Morgan fingerprint density at radius 1 is 1.00 bits per heavy atom. The van der Waals surface area contributed by atoms with Gasteiger partial charge in [-0.1, -0.05) is 48.0 Å². The van der Waals surface area contributed by atoms with Gasteiger partial charge in [-0.2, -0.15) is 5.26 Å². The summed E-state index contributed by atoms with van der Waals surface area (Å²) in [6.07, 6.45) is 0. The lowest BCUT2D eigenvalue weighted by molar-refractivity contribution is 0.0734. The zero-order chi connectivity index (χ0) is 26.6. The van der Waals surface area contributed by atoms with Crippen LogP contribution in [0.5, 0.6) is 17.2 Å². The number of ether oxygens (including phenoxy) is 3. The number of aryl methyl sites for hydroxylation is 1. The summed E-state index contributed by atoms with van der Waals surface area (Å²) < 4.78 is 30.4. The fraction of sp³-hybridized carbons (Fsp3) is 0.0968. The van der Waals surface area contributed by atoms with Crippen LogP contribution in [-0.2, 0) is 6.61 Å². The summed E-state index contributed by atoms with van der Waals surface area (Å²) in [5.41, 5.74) is 10.1. The van der Waals surface area contributed by atoms with Gasteiger partial charge in [0.1, 0.15) is 41.3 Å². The number of fused-ring (bicyclic) bond motifs is 1. The lowest BCUT2D eigenvalue weighted by atomic mass is 9.83. The summed E-state index contributed by atoms with van der Waals surface area (Å²) in [5.74, 6) is -0.0789. The van der Waals surface area contributed by atoms with Gasteiger partial charge in [0.2, 0.25) is 5.88 Å². The smallest absolute Gasteiger partial charge is 0.343 e. The maximum atomic E-state index is 13.2. The van der Waals surface area contributed by atoms with Crippen LogP contribution >= 0.6 is 0 Å². The number of nitrogens with two attached hydrogens (primary N) is 1. The van der Waals surface area contributed by atoms with E-state index in [0.717, 1.165) is 16.7 Å². The Kier molecular flexibility index (Phi) is 6.79. The maximum absolute atomic E-state index is 13.2. The lowest BCUT2D eigenvalue weighted by Crippen LogP contribution is -2.21. The topological polar surface area (TPSA) is 94.6 Å². The second-order valence-corrected chi connectivity index (χ2v) is 8.87. The molecule has 4 aromatic carbocycles. The minimum absolute atomic E-state index is 0.0233. The molecule has 7 heteroatoms. The van der Waals surface area contributed by atoms with Crippen LogP contribution < -0.4 is 19.9 Å². The fourth-order valence-corrected chi connectivity index (χ4v) is 4.31. The van der Waals surface area contributed by atoms with Gasteiger partial charge in [-0.05, 0) is 60.5 Å². The number of hydrogen-bond acceptors (Lipinski definition) is 6. The van der Waals surface area contributed by atoms with Crippen LogP contribution in [0.3, 0.4) is 0 Å². The number of halogens is 1. The van der Waals surface area contributed by atoms with Crippen molar-refractivity contribution in [3.05, 3.63) is 136 Å². The number of benzene rings is 4. The van der Waals surface area contributed by atoms with Gasteiger partial charge in [0, 0.05) is 11.6 Å². The Labute approximate surface area is 219 Å². The molecule has 0 spiro atoms. The van der Waals surface area contributed by atoms with Crippen molar-refractivity contribution < 1.29 is 23.4 Å². The molecule has 1 aliphatic rings. The van der Waals surface area contributed by atoms with Gasteiger partial charge in [-0.15, -0.1) is 0 Å². The van der Waals surface area contributed by atoms with Crippen LogP contribution in [0.15, 0.2) is 102 Å². The molecule has 0 saturated carbocycles. The third-order valence-electron chi connectivity index (χ3n) is 6.17. The van der Waals surface area contributed by atoms with Crippen LogP contribution in [0.25, 0.3) is 0 Å². The van der Waals surface area contributed by atoms with Crippen LogP contribution in [0.1, 0.15) is 38.5 Å². The van der Waals surface area contributed by atoms with E-state index in [4.69, 9.17) is 19.9 Å². The van der Waals surface area contributed by atoms with Crippen molar-refractivity contribution in [3.63, 3.8) is 0 Å². The van der Waals surface area contributed by atoms with Gasteiger partial charge in [0.25, 0.3) is 0 Å². The number of nitrogens with zero attached hydrogens (tertiary/aromatic N) is 1. The van der Waals surface area contributed by atoms with Crippen molar-refractivity contribution in [3.8, 4) is 23.3 Å². The number of allylic oxidation sites excluding steroid dienone is 1. The summed E-state index contributed by atoms with van der Waals surface area (Å²) in [5, 5.41) is 9.89. The summed E-state index contributed by atoms with van der Waals surface area (Å²) in [4.78, 5) is 12.6. The highest BCUT2D eigenvalue weighted by Crippen LogP contribution is 2.44. The average Bonchev–Trinajstić information content (AvgIpc) is 2.92. The van der Waals surface area contributed by atoms with E-state index >= 15 is 0 Å². The third kappa shape index (κ3) is 5.20. The van der Waals surface area contributed by atoms with Crippen LogP contribution in [0, 0.1) is 24.1 Å². The summed E-state index contributed by atoms with van der Waals surface area (Å²) >= 11 is 0. The van der Waals surface area contributed by atoms with Crippen LogP contribution in [0.2, 0.25) is 0 Å². The van der Waals surface area contributed by atoms with Gasteiger partial charge >= 0.3 is 5.97 Å². The van der Waals surface area contributed by atoms with E-state index in [1.165, 1.54) is 12.1 Å². The van der Waals surface area contributed by atoms with E-state index in [-0.39, 0.29) is 23.9 Å². The second-order valence-electron chi connectivity index (χ2n) is 8.87. The first-order valence-corrected chi connectivity index (χ1v) is 11.9. The Bertz CT molecular complexity index is 1590. The number of carbonyl (C=O) groups is 1. The molecule has 2 N–H and O–H groups in total. The molecule has 188 valence electrons. The molecule has 0 aliphatic carbocycles.